The smallest absolute Gasteiger partial charge is 0.125 e. The lowest BCUT2D eigenvalue weighted by Gasteiger charge is -2.05. The van der Waals surface area contributed by atoms with Gasteiger partial charge in [0.2, 0.25) is 0 Å². The first-order chi connectivity index (χ1) is 11.2. The minimum atomic E-state index is -0.196. The van der Waals surface area contributed by atoms with Crippen LogP contribution in [0.1, 0.15) is 0 Å². The number of fused-ring (bicyclic) bond motifs is 6. The Morgan fingerprint density at radius 1 is 0.696 bits per heavy atom. The lowest BCUT2D eigenvalue weighted by atomic mass is 9.99. The topological polar surface area (TPSA) is 4.93 Å². The number of rotatable bonds is 0. The van der Waals surface area contributed by atoms with Gasteiger partial charge in [-0.25, -0.2) is 4.39 Å². The average molecular weight is 299 g/mol. The van der Waals surface area contributed by atoms with Gasteiger partial charge in [-0.3, -0.25) is 0 Å². The molecule has 0 N–H and O–H groups in total. The van der Waals surface area contributed by atoms with Crippen LogP contribution in [0.2, 0.25) is 0 Å². The van der Waals surface area contributed by atoms with Crippen molar-refractivity contribution in [1.82, 2.24) is 4.57 Å². The molecular formula is C21H14FN. The van der Waals surface area contributed by atoms with Gasteiger partial charge < -0.3 is 4.57 Å². The van der Waals surface area contributed by atoms with E-state index >= 15 is 0 Å². The maximum absolute atomic E-state index is 13.7. The quantitative estimate of drug-likeness (QED) is 0.320. The monoisotopic (exact) mass is 299 g/mol. The first-order valence-corrected chi connectivity index (χ1v) is 7.71. The third kappa shape index (κ3) is 1.66. The van der Waals surface area contributed by atoms with E-state index in [1.54, 1.807) is 12.1 Å². The lowest BCUT2D eigenvalue weighted by Crippen LogP contribution is -1.87. The predicted molar refractivity (Wildman–Crippen MR) is 95.4 cm³/mol. The maximum atomic E-state index is 13.7. The van der Waals surface area contributed by atoms with E-state index in [0.717, 1.165) is 16.4 Å². The molecule has 0 saturated carbocycles. The molecule has 110 valence electrons. The van der Waals surface area contributed by atoms with Crippen LogP contribution >= 0.6 is 0 Å². The SMILES string of the molecule is Cn1c2cc(F)ccc2c2c3cc4ccccc4cc3ccc21. The molecule has 1 nitrogen and oxygen atoms in total. The molecule has 0 unspecified atom stereocenters. The van der Waals surface area contributed by atoms with Crippen LogP contribution in [0, 0.1) is 5.82 Å². The number of aromatic nitrogens is 1. The first-order valence-electron chi connectivity index (χ1n) is 7.71. The summed E-state index contributed by atoms with van der Waals surface area (Å²) in [6, 6.07) is 22.2. The number of nitrogens with zero attached hydrogens (tertiary/aromatic N) is 1. The summed E-state index contributed by atoms with van der Waals surface area (Å²) in [5, 5.41) is 7.21. The molecule has 0 amide bonds. The third-order valence-corrected chi connectivity index (χ3v) is 4.82. The fourth-order valence-corrected chi connectivity index (χ4v) is 3.69. The Balaban J connectivity index is 2.08. The summed E-state index contributed by atoms with van der Waals surface area (Å²) in [5.74, 6) is -0.196. The number of benzene rings is 4. The van der Waals surface area contributed by atoms with Crippen molar-refractivity contribution in [3.05, 3.63) is 72.5 Å². The van der Waals surface area contributed by atoms with E-state index in [0.29, 0.717) is 0 Å². The van der Waals surface area contributed by atoms with Gasteiger partial charge in [0, 0.05) is 23.3 Å². The second-order valence-electron chi connectivity index (χ2n) is 6.10. The Morgan fingerprint density at radius 3 is 2.30 bits per heavy atom. The second kappa shape index (κ2) is 4.32. The highest BCUT2D eigenvalue weighted by atomic mass is 19.1. The van der Waals surface area contributed by atoms with Crippen LogP contribution in [0.5, 0.6) is 0 Å². The number of hydrogen-bond donors (Lipinski definition) is 0. The lowest BCUT2D eigenvalue weighted by molar-refractivity contribution is 0.629. The van der Waals surface area contributed by atoms with E-state index in [2.05, 4.69) is 53.1 Å². The zero-order valence-corrected chi connectivity index (χ0v) is 12.7. The van der Waals surface area contributed by atoms with Gasteiger partial charge in [-0.05, 0) is 57.9 Å². The van der Waals surface area contributed by atoms with Crippen LogP contribution in [0.3, 0.4) is 0 Å². The van der Waals surface area contributed by atoms with E-state index in [1.165, 1.54) is 26.9 Å². The Hall–Kier alpha value is -2.87. The van der Waals surface area contributed by atoms with Gasteiger partial charge in [0.05, 0.1) is 5.52 Å². The molecule has 0 spiro atoms. The average Bonchev–Trinajstić information content (AvgIpc) is 2.86. The standard InChI is InChI=1S/C21H14FN/c1-23-19-9-6-15-10-13-4-2-3-5-14(13)11-18(15)21(19)17-8-7-16(22)12-20(17)23/h2-12H,1H3. The summed E-state index contributed by atoms with van der Waals surface area (Å²) >= 11 is 0. The minimum absolute atomic E-state index is 0.196. The molecule has 1 aromatic heterocycles. The number of hydrogen-bond acceptors (Lipinski definition) is 0. The van der Waals surface area contributed by atoms with E-state index < -0.39 is 0 Å². The molecule has 0 atom stereocenters. The Kier molecular flexibility index (Phi) is 2.38. The minimum Gasteiger partial charge on any atom is -0.344 e. The fraction of sp³-hybridized carbons (Fsp3) is 0.0476. The Morgan fingerprint density at radius 2 is 1.48 bits per heavy atom. The van der Waals surface area contributed by atoms with Crippen molar-refractivity contribution in [3.63, 3.8) is 0 Å². The van der Waals surface area contributed by atoms with Crippen LogP contribution in [0.15, 0.2) is 66.7 Å². The van der Waals surface area contributed by atoms with Crippen molar-refractivity contribution in [1.29, 1.82) is 0 Å². The van der Waals surface area contributed by atoms with Crippen LogP contribution in [-0.4, -0.2) is 4.57 Å². The van der Waals surface area contributed by atoms with Gasteiger partial charge in [0.25, 0.3) is 0 Å². The Bertz CT molecular complexity index is 1230. The Labute approximate surface area is 132 Å². The predicted octanol–water partition coefficient (Wildman–Crippen LogP) is 5.78. The third-order valence-electron chi connectivity index (χ3n) is 4.82. The van der Waals surface area contributed by atoms with E-state index in [-0.39, 0.29) is 5.82 Å². The highest BCUT2D eigenvalue weighted by Crippen LogP contribution is 2.36. The van der Waals surface area contributed by atoms with Gasteiger partial charge in [-0.1, -0.05) is 30.3 Å². The zero-order valence-electron chi connectivity index (χ0n) is 12.7. The molecule has 0 bridgehead atoms. The molecule has 0 aliphatic heterocycles. The summed E-state index contributed by atoms with van der Waals surface area (Å²) in [7, 11) is 2.00. The van der Waals surface area contributed by atoms with Gasteiger partial charge in [0.1, 0.15) is 5.82 Å². The van der Waals surface area contributed by atoms with Gasteiger partial charge in [-0.15, -0.1) is 0 Å². The molecule has 23 heavy (non-hydrogen) atoms. The highest BCUT2D eigenvalue weighted by molar-refractivity contribution is 6.22. The number of halogens is 1. The molecule has 0 fully saturated rings. The first kappa shape index (κ1) is 12.7. The highest BCUT2D eigenvalue weighted by Gasteiger charge is 2.12. The van der Waals surface area contributed by atoms with Gasteiger partial charge >= 0.3 is 0 Å². The van der Waals surface area contributed by atoms with Crippen molar-refractivity contribution in [2.75, 3.05) is 0 Å². The summed E-state index contributed by atoms with van der Waals surface area (Å²) in [5.41, 5.74) is 2.06. The molecule has 5 rings (SSSR count). The van der Waals surface area contributed by atoms with E-state index in [4.69, 9.17) is 0 Å². The van der Waals surface area contributed by atoms with Gasteiger partial charge in [0.15, 0.2) is 0 Å². The molecule has 5 aromatic rings. The van der Waals surface area contributed by atoms with Crippen molar-refractivity contribution in [2.24, 2.45) is 7.05 Å². The van der Waals surface area contributed by atoms with Crippen LogP contribution < -0.4 is 0 Å². The largest absolute Gasteiger partial charge is 0.344 e. The molecule has 0 aliphatic rings. The van der Waals surface area contributed by atoms with Crippen LogP contribution in [-0.2, 0) is 7.05 Å². The van der Waals surface area contributed by atoms with Crippen molar-refractivity contribution < 1.29 is 4.39 Å². The summed E-state index contributed by atoms with van der Waals surface area (Å²) in [4.78, 5) is 0. The van der Waals surface area contributed by atoms with Crippen molar-refractivity contribution in [2.45, 2.75) is 0 Å². The van der Waals surface area contributed by atoms with E-state index in [9.17, 15) is 4.39 Å². The van der Waals surface area contributed by atoms with Crippen molar-refractivity contribution >= 4 is 43.4 Å². The fourth-order valence-electron chi connectivity index (χ4n) is 3.69. The molecule has 0 saturated heterocycles. The molecule has 4 aromatic carbocycles. The van der Waals surface area contributed by atoms with Crippen LogP contribution in [0.25, 0.3) is 43.4 Å². The zero-order chi connectivity index (χ0) is 15.6. The molecule has 2 heteroatoms. The molecule has 0 aliphatic carbocycles. The maximum Gasteiger partial charge on any atom is 0.125 e. The van der Waals surface area contributed by atoms with Crippen LogP contribution in [0.4, 0.5) is 4.39 Å². The molecule has 1 heterocycles. The molecular weight excluding hydrogens is 285 g/mol. The summed E-state index contributed by atoms with van der Waals surface area (Å²) < 4.78 is 15.7. The van der Waals surface area contributed by atoms with Gasteiger partial charge in [-0.2, -0.15) is 0 Å². The summed E-state index contributed by atoms with van der Waals surface area (Å²) in [6.45, 7) is 0. The number of aryl methyl sites for hydroxylation is 1. The van der Waals surface area contributed by atoms with Crippen molar-refractivity contribution in [3.8, 4) is 0 Å². The second-order valence-corrected chi connectivity index (χ2v) is 6.10. The van der Waals surface area contributed by atoms with E-state index in [1.807, 2.05) is 13.1 Å². The normalized spacial score (nSPS) is 11.9. The summed E-state index contributed by atoms with van der Waals surface area (Å²) in [6.07, 6.45) is 0. The molecule has 0 radical (unpaired) electrons.